The van der Waals surface area contributed by atoms with Crippen LogP contribution in [0.15, 0.2) is 42.6 Å². The molecule has 0 aliphatic heterocycles. The van der Waals surface area contributed by atoms with Gasteiger partial charge in [0.05, 0.1) is 12.2 Å². The molecular weight excluding hydrogens is 239 g/mol. The molecule has 0 aliphatic carbocycles. The van der Waals surface area contributed by atoms with Gasteiger partial charge in [-0.15, -0.1) is 12.4 Å². The SMILES string of the molecule is Cc1cc(F)ccc1NCc1ccccn1.Cl. The smallest absolute Gasteiger partial charge is 0.123 e. The van der Waals surface area contributed by atoms with E-state index in [1.165, 1.54) is 12.1 Å². The highest BCUT2D eigenvalue weighted by molar-refractivity contribution is 5.85. The van der Waals surface area contributed by atoms with Crippen LogP contribution in [0.25, 0.3) is 0 Å². The predicted molar refractivity (Wildman–Crippen MR) is 69.9 cm³/mol. The van der Waals surface area contributed by atoms with E-state index in [0.29, 0.717) is 6.54 Å². The maximum atomic E-state index is 12.9. The summed E-state index contributed by atoms with van der Waals surface area (Å²) in [5, 5.41) is 3.23. The van der Waals surface area contributed by atoms with E-state index in [1.807, 2.05) is 25.1 Å². The maximum absolute atomic E-state index is 12.9. The molecule has 1 heterocycles. The minimum atomic E-state index is -0.208. The number of aryl methyl sites for hydroxylation is 1. The summed E-state index contributed by atoms with van der Waals surface area (Å²) >= 11 is 0. The van der Waals surface area contributed by atoms with Gasteiger partial charge in [0.1, 0.15) is 5.82 Å². The van der Waals surface area contributed by atoms with Gasteiger partial charge in [0.2, 0.25) is 0 Å². The van der Waals surface area contributed by atoms with Gasteiger partial charge in [-0.2, -0.15) is 0 Å². The summed E-state index contributed by atoms with van der Waals surface area (Å²) in [7, 11) is 0. The Bertz CT molecular complexity index is 474. The highest BCUT2D eigenvalue weighted by Crippen LogP contribution is 2.16. The van der Waals surface area contributed by atoms with Gasteiger partial charge in [-0.1, -0.05) is 6.07 Å². The Morgan fingerprint density at radius 2 is 2.06 bits per heavy atom. The van der Waals surface area contributed by atoms with E-state index in [4.69, 9.17) is 0 Å². The van der Waals surface area contributed by atoms with E-state index >= 15 is 0 Å². The second kappa shape index (κ2) is 6.21. The van der Waals surface area contributed by atoms with Crippen LogP contribution in [0.5, 0.6) is 0 Å². The molecule has 0 saturated carbocycles. The maximum Gasteiger partial charge on any atom is 0.123 e. The third-order valence-corrected chi connectivity index (χ3v) is 2.37. The van der Waals surface area contributed by atoms with Crippen molar-refractivity contribution in [1.29, 1.82) is 0 Å². The van der Waals surface area contributed by atoms with Crippen molar-refractivity contribution in [2.24, 2.45) is 0 Å². The van der Waals surface area contributed by atoms with Gasteiger partial charge in [-0.3, -0.25) is 4.98 Å². The molecule has 0 amide bonds. The number of anilines is 1. The van der Waals surface area contributed by atoms with Gasteiger partial charge in [0.25, 0.3) is 0 Å². The van der Waals surface area contributed by atoms with Crippen molar-refractivity contribution in [2.45, 2.75) is 13.5 Å². The van der Waals surface area contributed by atoms with Gasteiger partial charge in [-0.05, 0) is 42.8 Å². The lowest BCUT2D eigenvalue weighted by molar-refractivity contribution is 0.627. The monoisotopic (exact) mass is 252 g/mol. The lowest BCUT2D eigenvalue weighted by atomic mass is 10.2. The zero-order valence-corrected chi connectivity index (χ0v) is 10.3. The average molecular weight is 253 g/mol. The summed E-state index contributed by atoms with van der Waals surface area (Å²) in [6.07, 6.45) is 1.76. The number of hydrogen-bond donors (Lipinski definition) is 1. The first kappa shape index (κ1) is 13.5. The van der Waals surface area contributed by atoms with E-state index in [0.717, 1.165) is 16.9 Å². The molecule has 0 aliphatic rings. The molecule has 0 fully saturated rings. The van der Waals surface area contributed by atoms with Crippen molar-refractivity contribution in [3.05, 3.63) is 59.7 Å². The summed E-state index contributed by atoms with van der Waals surface area (Å²) in [6.45, 7) is 2.52. The van der Waals surface area contributed by atoms with Crippen LogP contribution in [0.3, 0.4) is 0 Å². The van der Waals surface area contributed by atoms with E-state index in [9.17, 15) is 4.39 Å². The van der Waals surface area contributed by atoms with Crippen LogP contribution < -0.4 is 5.32 Å². The van der Waals surface area contributed by atoms with E-state index in [-0.39, 0.29) is 18.2 Å². The van der Waals surface area contributed by atoms with Crippen LogP contribution >= 0.6 is 12.4 Å². The van der Waals surface area contributed by atoms with Crippen LogP contribution in [0.4, 0.5) is 10.1 Å². The van der Waals surface area contributed by atoms with Crippen molar-refractivity contribution >= 4 is 18.1 Å². The molecule has 2 nitrogen and oxygen atoms in total. The molecule has 0 radical (unpaired) electrons. The fraction of sp³-hybridized carbons (Fsp3) is 0.154. The van der Waals surface area contributed by atoms with Gasteiger partial charge in [0.15, 0.2) is 0 Å². The Morgan fingerprint density at radius 1 is 1.24 bits per heavy atom. The Labute approximate surface area is 106 Å². The first-order valence-corrected chi connectivity index (χ1v) is 5.15. The number of aromatic nitrogens is 1. The lowest BCUT2D eigenvalue weighted by Crippen LogP contribution is -2.02. The van der Waals surface area contributed by atoms with Crippen molar-refractivity contribution in [1.82, 2.24) is 4.98 Å². The summed E-state index contributed by atoms with van der Waals surface area (Å²) < 4.78 is 12.9. The van der Waals surface area contributed by atoms with Gasteiger partial charge in [0, 0.05) is 11.9 Å². The van der Waals surface area contributed by atoms with E-state index in [1.54, 1.807) is 12.3 Å². The molecule has 2 rings (SSSR count). The Kier molecular flexibility index (Phi) is 4.91. The standard InChI is InChI=1S/C13H13FN2.ClH/c1-10-8-11(14)5-6-13(10)16-9-12-4-2-3-7-15-12;/h2-8,16H,9H2,1H3;1H. The molecule has 1 aromatic heterocycles. The van der Waals surface area contributed by atoms with Crippen molar-refractivity contribution < 1.29 is 4.39 Å². The van der Waals surface area contributed by atoms with Crippen molar-refractivity contribution in [2.75, 3.05) is 5.32 Å². The number of hydrogen-bond acceptors (Lipinski definition) is 2. The fourth-order valence-electron chi connectivity index (χ4n) is 1.51. The summed E-state index contributed by atoms with van der Waals surface area (Å²) in [4.78, 5) is 4.20. The first-order valence-electron chi connectivity index (χ1n) is 5.15. The quantitative estimate of drug-likeness (QED) is 0.904. The Balaban J connectivity index is 0.00000144. The number of pyridine rings is 1. The minimum absolute atomic E-state index is 0. The number of nitrogens with zero attached hydrogens (tertiary/aromatic N) is 1. The van der Waals surface area contributed by atoms with E-state index in [2.05, 4.69) is 10.3 Å². The van der Waals surface area contributed by atoms with Gasteiger partial charge >= 0.3 is 0 Å². The van der Waals surface area contributed by atoms with Crippen LogP contribution in [0.1, 0.15) is 11.3 Å². The summed E-state index contributed by atoms with van der Waals surface area (Å²) in [6, 6.07) is 10.5. The van der Waals surface area contributed by atoms with Crippen LogP contribution in [-0.4, -0.2) is 4.98 Å². The highest BCUT2D eigenvalue weighted by atomic mass is 35.5. The molecule has 4 heteroatoms. The van der Waals surface area contributed by atoms with Crippen LogP contribution in [0.2, 0.25) is 0 Å². The predicted octanol–water partition coefficient (Wildman–Crippen LogP) is 3.56. The normalized spacial score (nSPS) is 9.53. The molecule has 90 valence electrons. The van der Waals surface area contributed by atoms with E-state index < -0.39 is 0 Å². The third kappa shape index (κ3) is 3.71. The Hall–Kier alpha value is -1.61. The number of nitrogens with one attached hydrogen (secondary N) is 1. The largest absolute Gasteiger partial charge is 0.379 e. The van der Waals surface area contributed by atoms with Crippen molar-refractivity contribution in [3.8, 4) is 0 Å². The Morgan fingerprint density at radius 3 is 2.71 bits per heavy atom. The first-order chi connectivity index (χ1) is 7.75. The molecule has 17 heavy (non-hydrogen) atoms. The molecule has 0 unspecified atom stereocenters. The van der Waals surface area contributed by atoms with Crippen LogP contribution in [-0.2, 0) is 6.54 Å². The highest BCUT2D eigenvalue weighted by Gasteiger charge is 1.99. The van der Waals surface area contributed by atoms with Crippen LogP contribution in [0, 0.1) is 12.7 Å². The number of halogens is 2. The van der Waals surface area contributed by atoms with Gasteiger partial charge < -0.3 is 5.32 Å². The average Bonchev–Trinajstić information content (AvgIpc) is 2.29. The second-order valence-electron chi connectivity index (χ2n) is 3.63. The van der Waals surface area contributed by atoms with Gasteiger partial charge in [-0.25, -0.2) is 4.39 Å². The zero-order valence-electron chi connectivity index (χ0n) is 9.48. The number of benzene rings is 1. The topological polar surface area (TPSA) is 24.9 Å². The summed E-state index contributed by atoms with van der Waals surface area (Å²) in [5.41, 5.74) is 2.80. The van der Waals surface area contributed by atoms with Crippen molar-refractivity contribution in [3.63, 3.8) is 0 Å². The molecule has 0 saturated heterocycles. The molecule has 1 aromatic carbocycles. The molecule has 0 spiro atoms. The molecule has 1 N–H and O–H groups in total. The second-order valence-corrected chi connectivity index (χ2v) is 3.63. The molecule has 2 aromatic rings. The summed E-state index contributed by atoms with van der Waals surface area (Å²) in [5.74, 6) is -0.208. The molecular formula is C13H14ClFN2. The third-order valence-electron chi connectivity index (χ3n) is 2.37. The zero-order chi connectivity index (χ0) is 11.4. The molecule has 0 atom stereocenters. The fourth-order valence-corrected chi connectivity index (χ4v) is 1.51. The minimum Gasteiger partial charge on any atom is -0.379 e. The molecule has 0 bridgehead atoms. The lowest BCUT2D eigenvalue weighted by Gasteiger charge is -2.08. The number of rotatable bonds is 3.